The minimum absolute atomic E-state index is 0.188. The van der Waals surface area contributed by atoms with Crippen molar-refractivity contribution in [1.82, 2.24) is 5.32 Å². The Balaban J connectivity index is 2.47. The zero-order chi connectivity index (χ0) is 13.4. The van der Waals surface area contributed by atoms with E-state index < -0.39 is 0 Å². The largest absolute Gasteiger partial charge is 0.329 e. The van der Waals surface area contributed by atoms with Gasteiger partial charge in [-0.3, -0.25) is 0 Å². The summed E-state index contributed by atoms with van der Waals surface area (Å²) in [7, 11) is 0. The van der Waals surface area contributed by atoms with Crippen LogP contribution in [0.1, 0.15) is 59.3 Å². The third-order valence-electron chi connectivity index (χ3n) is 4.07. The van der Waals surface area contributed by atoms with Gasteiger partial charge in [-0.05, 0) is 38.0 Å². The van der Waals surface area contributed by atoms with Gasteiger partial charge in [0.05, 0.1) is 0 Å². The molecule has 104 valence electrons. The van der Waals surface area contributed by atoms with Gasteiger partial charge in [-0.2, -0.15) is 0 Å². The Hall–Kier alpha value is -0.520. The maximum atomic E-state index is 6.05. The van der Waals surface area contributed by atoms with Crippen LogP contribution in [0.5, 0.6) is 0 Å². The fourth-order valence-corrected chi connectivity index (χ4v) is 3.29. The Morgan fingerprint density at radius 2 is 2.22 bits per heavy atom. The molecule has 0 heterocycles. The van der Waals surface area contributed by atoms with Gasteiger partial charge >= 0.3 is 0 Å². The summed E-state index contributed by atoms with van der Waals surface area (Å²) in [5.41, 5.74) is 6.24. The predicted molar refractivity (Wildman–Crippen MR) is 79.3 cm³/mol. The van der Waals surface area contributed by atoms with Crippen LogP contribution < -0.4 is 11.1 Å². The maximum absolute atomic E-state index is 6.05. The first-order valence-corrected chi connectivity index (χ1v) is 7.46. The Kier molecular flexibility index (Phi) is 6.75. The van der Waals surface area contributed by atoms with Gasteiger partial charge in [0.15, 0.2) is 0 Å². The van der Waals surface area contributed by atoms with Gasteiger partial charge in [0.1, 0.15) is 0 Å². The van der Waals surface area contributed by atoms with Crippen LogP contribution in [0.3, 0.4) is 0 Å². The van der Waals surface area contributed by atoms with E-state index in [0.717, 1.165) is 31.3 Å². The van der Waals surface area contributed by atoms with Crippen molar-refractivity contribution in [2.24, 2.45) is 17.6 Å². The highest BCUT2D eigenvalue weighted by molar-refractivity contribution is 4.98. The summed E-state index contributed by atoms with van der Waals surface area (Å²) in [6.45, 7) is 8.29. The molecule has 0 bridgehead atoms. The number of rotatable bonds is 6. The molecule has 0 aromatic carbocycles. The second kappa shape index (κ2) is 7.81. The van der Waals surface area contributed by atoms with Gasteiger partial charge in [0.25, 0.3) is 0 Å². The molecular formula is C16H30N2. The van der Waals surface area contributed by atoms with Crippen LogP contribution >= 0.6 is 0 Å². The quantitative estimate of drug-likeness (QED) is 0.562. The molecule has 1 saturated carbocycles. The Labute approximate surface area is 113 Å². The van der Waals surface area contributed by atoms with Gasteiger partial charge in [-0.25, -0.2) is 0 Å². The standard InChI is InChI=1S/C16H30N2/c1-4-5-6-10-18-16(13-17)9-7-8-15(12-16)11-14(2)3/h14-15,18H,6-13,17H2,1-3H3. The van der Waals surface area contributed by atoms with Crippen LogP contribution in [-0.2, 0) is 0 Å². The van der Waals surface area contributed by atoms with E-state index in [1.807, 2.05) is 6.92 Å². The van der Waals surface area contributed by atoms with Crippen LogP contribution in [0.2, 0.25) is 0 Å². The first-order chi connectivity index (χ1) is 8.62. The smallest absolute Gasteiger partial charge is 0.0307 e. The Morgan fingerprint density at radius 1 is 1.44 bits per heavy atom. The molecular weight excluding hydrogens is 220 g/mol. The SMILES string of the molecule is CC#CCCNC1(CN)CCCC(CC(C)C)C1. The number of hydrogen-bond donors (Lipinski definition) is 2. The lowest BCUT2D eigenvalue weighted by molar-refractivity contribution is 0.169. The summed E-state index contributed by atoms with van der Waals surface area (Å²) < 4.78 is 0. The Morgan fingerprint density at radius 3 is 2.83 bits per heavy atom. The highest BCUT2D eigenvalue weighted by Crippen LogP contribution is 2.35. The molecule has 1 fully saturated rings. The van der Waals surface area contributed by atoms with E-state index >= 15 is 0 Å². The molecule has 2 heteroatoms. The van der Waals surface area contributed by atoms with E-state index in [4.69, 9.17) is 5.73 Å². The van der Waals surface area contributed by atoms with Gasteiger partial charge in [-0.1, -0.05) is 26.7 Å². The lowest BCUT2D eigenvalue weighted by Gasteiger charge is -2.41. The van der Waals surface area contributed by atoms with Crippen molar-refractivity contribution in [3.05, 3.63) is 0 Å². The average Bonchev–Trinajstić information content (AvgIpc) is 2.34. The summed E-state index contributed by atoms with van der Waals surface area (Å²) in [4.78, 5) is 0. The number of nitrogens with one attached hydrogen (secondary N) is 1. The van der Waals surface area contributed by atoms with E-state index in [-0.39, 0.29) is 5.54 Å². The maximum Gasteiger partial charge on any atom is 0.0307 e. The van der Waals surface area contributed by atoms with E-state index in [1.54, 1.807) is 0 Å². The molecule has 1 aliphatic carbocycles. The highest BCUT2D eigenvalue weighted by atomic mass is 15.0. The van der Waals surface area contributed by atoms with Crippen molar-refractivity contribution >= 4 is 0 Å². The normalized spacial score (nSPS) is 27.9. The number of hydrogen-bond acceptors (Lipinski definition) is 2. The molecule has 0 aromatic rings. The van der Waals surface area contributed by atoms with Gasteiger partial charge in [-0.15, -0.1) is 11.8 Å². The molecule has 0 amide bonds. The summed E-state index contributed by atoms with van der Waals surface area (Å²) in [5.74, 6) is 7.72. The van der Waals surface area contributed by atoms with Crippen molar-refractivity contribution in [3.8, 4) is 11.8 Å². The van der Waals surface area contributed by atoms with E-state index in [2.05, 4.69) is 31.0 Å². The second-order valence-corrected chi connectivity index (χ2v) is 6.18. The lowest BCUT2D eigenvalue weighted by atomic mass is 9.73. The fourth-order valence-electron chi connectivity index (χ4n) is 3.29. The molecule has 1 rings (SSSR count). The van der Waals surface area contributed by atoms with Crippen LogP contribution in [0.4, 0.5) is 0 Å². The molecule has 2 atom stereocenters. The van der Waals surface area contributed by atoms with E-state index in [1.165, 1.54) is 32.1 Å². The zero-order valence-corrected chi connectivity index (χ0v) is 12.4. The molecule has 18 heavy (non-hydrogen) atoms. The van der Waals surface area contributed by atoms with Crippen LogP contribution in [0.15, 0.2) is 0 Å². The van der Waals surface area contributed by atoms with Gasteiger partial charge < -0.3 is 11.1 Å². The predicted octanol–water partition coefficient (Wildman–Crippen LogP) is 2.92. The summed E-state index contributed by atoms with van der Waals surface area (Å²) in [6, 6.07) is 0. The van der Waals surface area contributed by atoms with Crippen molar-refractivity contribution in [2.45, 2.75) is 64.8 Å². The van der Waals surface area contributed by atoms with Crippen molar-refractivity contribution in [3.63, 3.8) is 0 Å². The zero-order valence-electron chi connectivity index (χ0n) is 12.4. The van der Waals surface area contributed by atoms with E-state index in [9.17, 15) is 0 Å². The van der Waals surface area contributed by atoms with Crippen molar-refractivity contribution in [2.75, 3.05) is 13.1 Å². The van der Waals surface area contributed by atoms with Crippen molar-refractivity contribution < 1.29 is 0 Å². The summed E-state index contributed by atoms with van der Waals surface area (Å²) >= 11 is 0. The third-order valence-corrected chi connectivity index (χ3v) is 4.07. The van der Waals surface area contributed by atoms with Crippen LogP contribution in [0, 0.1) is 23.7 Å². The van der Waals surface area contributed by atoms with E-state index in [0.29, 0.717) is 0 Å². The minimum atomic E-state index is 0.188. The van der Waals surface area contributed by atoms with Gasteiger partial charge in [0, 0.05) is 25.0 Å². The van der Waals surface area contributed by atoms with Crippen LogP contribution in [0.25, 0.3) is 0 Å². The molecule has 3 N–H and O–H groups in total. The third kappa shape index (κ3) is 5.00. The average molecular weight is 250 g/mol. The van der Waals surface area contributed by atoms with Gasteiger partial charge in [0.2, 0.25) is 0 Å². The molecule has 1 aliphatic rings. The summed E-state index contributed by atoms with van der Waals surface area (Å²) in [5, 5.41) is 3.70. The highest BCUT2D eigenvalue weighted by Gasteiger charge is 2.34. The number of nitrogens with two attached hydrogens (primary N) is 1. The molecule has 0 spiro atoms. The molecule has 0 aliphatic heterocycles. The molecule has 2 nitrogen and oxygen atoms in total. The topological polar surface area (TPSA) is 38.0 Å². The first-order valence-electron chi connectivity index (χ1n) is 7.46. The van der Waals surface area contributed by atoms with Crippen LogP contribution in [-0.4, -0.2) is 18.6 Å². The minimum Gasteiger partial charge on any atom is -0.329 e. The molecule has 0 saturated heterocycles. The van der Waals surface area contributed by atoms with Crippen molar-refractivity contribution in [1.29, 1.82) is 0 Å². The summed E-state index contributed by atoms with van der Waals surface area (Å²) in [6.07, 6.45) is 7.47. The molecule has 0 aromatic heterocycles. The molecule has 2 unspecified atom stereocenters. The Bertz CT molecular complexity index is 287. The monoisotopic (exact) mass is 250 g/mol. The lowest BCUT2D eigenvalue weighted by Crippen LogP contribution is -2.54. The first kappa shape index (κ1) is 15.5. The molecule has 0 radical (unpaired) electrons. The second-order valence-electron chi connectivity index (χ2n) is 6.18. The fraction of sp³-hybridized carbons (Fsp3) is 0.875.